The fourth-order valence-corrected chi connectivity index (χ4v) is 2.46. The molecule has 0 radical (unpaired) electrons. The molecule has 0 aliphatic rings. The molecule has 0 unspecified atom stereocenters. The summed E-state index contributed by atoms with van der Waals surface area (Å²) in [6.45, 7) is 12.1. The summed E-state index contributed by atoms with van der Waals surface area (Å²) in [5, 5.41) is 0. The van der Waals surface area contributed by atoms with Crippen LogP contribution in [-0.2, 0) is 0 Å². The Morgan fingerprint density at radius 3 is 1.84 bits per heavy atom. The summed E-state index contributed by atoms with van der Waals surface area (Å²) in [5.41, 5.74) is 4.63. The number of ether oxygens (including phenoxy) is 2. The monoisotopic (exact) mass is 342 g/mol. The standard InChI is InChI=1S/C12H16O2.C10H14O/c1-5-6-10-8-11(13-3)9(2)7-12(10)14-4;1-5-6-10-8(3)7(2)9(4)11-10/h5-8H,1-4H3;5-6H,1-4H3/b6-5+;. The molecule has 1 aromatic heterocycles. The predicted molar refractivity (Wildman–Crippen MR) is 107 cm³/mol. The summed E-state index contributed by atoms with van der Waals surface area (Å²) in [7, 11) is 3.35. The van der Waals surface area contributed by atoms with Crippen LogP contribution in [0.2, 0.25) is 0 Å². The average Bonchev–Trinajstić information content (AvgIpc) is 2.84. The SMILES string of the molecule is C/C=C/c1cc(OC)c(C)cc1OC.CC=Cc1oc(C)c(C)c1C. The van der Waals surface area contributed by atoms with Crippen molar-refractivity contribution in [3.8, 4) is 11.5 Å². The lowest BCUT2D eigenvalue weighted by Gasteiger charge is -2.10. The van der Waals surface area contributed by atoms with Crippen LogP contribution in [0.3, 0.4) is 0 Å². The Morgan fingerprint density at radius 1 is 0.800 bits per heavy atom. The van der Waals surface area contributed by atoms with E-state index >= 15 is 0 Å². The molecule has 0 N–H and O–H groups in total. The van der Waals surface area contributed by atoms with Crippen LogP contribution >= 0.6 is 0 Å². The summed E-state index contributed by atoms with van der Waals surface area (Å²) < 4.78 is 16.0. The Bertz CT molecular complexity index is 749. The van der Waals surface area contributed by atoms with Gasteiger partial charge in [0.25, 0.3) is 0 Å². The first kappa shape index (κ1) is 20.6. The Hall–Kier alpha value is -2.42. The molecular formula is C22H30O3. The summed E-state index contributed by atoms with van der Waals surface area (Å²) >= 11 is 0. The second-order valence-electron chi connectivity index (χ2n) is 5.84. The van der Waals surface area contributed by atoms with Crippen LogP contribution in [0.5, 0.6) is 11.5 Å². The fraction of sp³-hybridized carbons (Fsp3) is 0.364. The minimum Gasteiger partial charge on any atom is -0.496 e. The van der Waals surface area contributed by atoms with E-state index in [-0.39, 0.29) is 0 Å². The zero-order valence-corrected chi connectivity index (χ0v) is 16.7. The smallest absolute Gasteiger partial charge is 0.129 e. The van der Waals surface area contributed by atoms with E-state index in [0.29, 0.717) is 0 Å². The third-order valence-electron chi connectivity index (χ3n) is 4.13. The van der Waals surface area contributed by atoms with Crippen LogP contribution < -0.4 is 9.47 Å². The summed E-state index contributed by atoms with van der Waals surface area (Å²) in [6, 6.07) is 3.96. The molecule has 0 saturated carbocycles. The van der Waals surface area contributed by atoms with Crippen LogP contribution in [0.25, 0.3) is 12.2 Å². The largest absolute Gasteiger partial charge is 0.496 e. The van der Waals surface area contributed by atoms with Gasteiger partial charge in [-0.3, -0.25) is 0 Å². The molecule has 0 bridgehead atoms. The molecule has 2 rings (SSSR count). The zero-order chi connectivity index (χ0) is 19.0. The number of benzene rings is 1. The number of hydrogen-bond donors (Lipinski definition) is 0. The third kappa shape index (κ3) is 5.28. The van der Waals surface area contributed by atoms with E-state index in [1.165, 1.54) is 11.1 Å². The maximum absolute atomic E-state index is 5.50. The molecule has 1 heterocycles. The van der Waals surface area contributed by atoms with E-state index in [0.717, 1.165) is 34.1 Å². The van der Waals surface area contributed by atoms with Crippen LogP contribution in [0, 0.1) is 27.7 Å². The molecule has 0 atom stereocenters. The molecule has 0 amide bonds. The van der Waals surface area contributed by atoms with Crippen molar-refractivity contribution in [3.63, 3.8) is 0 Å². The molecule has 0 aliphatic heterocycles. The van der Waals surface area contributed by atoms with Crippen molar-refractivity contribution >= 4 is 12.2 Å². The minimum absolute atomic E-state index is 0.876. The second kappa shape index (κ2) is 9.77. The van der Waals surface area contributed by atoms with Gasteiger partial charge in [0.05, 0.1) is 14.2 Å². The van der Waals surface area contributed by atoms with Crippen LogP contribution in [-0.4, -0.2) is 14.2 Å². The van der Waals surface area contributed by atoms with Crippen molar-refractivity contribution in [2.24, 2.45) is 0 Å². The highest BCUT2D eigenvalue weighted by molar-refractivity contribution is 5.61. The molecule has 0 fully saturated rings. The molecule has 3 nitrogen and oxygen atoms in total. The average molecular weight is 342 g/mol. The Labute approximate surface area is 152 Å². The van der Waals surface area contributed by atoms with Crippen molar-refractivity contribution in [1.29, 1.82) is 0 Å². The first-order valence-corrected chi connectivity index (χ1v) is 8.44. The maximum Gasteiger partial charge on any atom is 0.129 e. The van der Waals surface area contributed by atoms with Gasteiger partial charge in [-0.15, -0.1) is 0 Å². The van der Waals surface area contributed by atoms with Gasteiger partial charge in [-0.05, 0) is 76.4 Å². The normalized spacial score (nSPS) is 10.9. The van der Waals surface area contributed by atoms with Gasteiger partial charge in [-0.2, -0.15) is 0 Å². The highest BCUT2D eigenvalue weighted by Crippen LogP contribution is 2.29. The second-order valence-corrected chi connectivity index (χ2v) is 5.84. The first-order valence-electron chi connectivity index (χ1n) is 8.44. The molecule has 2 aromatic rings. The number of hydrogen-bond acceptors (Lipinski definition) is 3. The van der Waals surface area contributed by atoms with E-state index in [4.69, 9.17) is 13.9 Å². The van der Waals surface area contributed by atoms with Crippen molar-refractivity contribution in [3.05, 3.63) is 58.1 Å². The number of aryl methyl sites for hydroxylation is 2. The molecule has 0 spiro atoms. The minimum atomic E-state index is 0.876. The van der Waals surface area contributed by atoms with Crippen molar-refractivity contribution in [2.45, 2.75) is 41.5 Å². The van der Waals surface area contributed by atoms with E-state index in [1.807, 2.05) is 64.1 Å². The van der Waals surface area contributed by atoms with Gasteiger partial charge in [-0.1, -0.05) is 18.2 Å². The van der Waals surface area contributed by atoms with Gasteiger partial charge in [0.15, 0.2) is 0 Å². The summed E-state index contributed by atoms with van der Waals surface area (Å²) in [4.78, 5) is 0. The molecule has 0 aliphatic carbocycles. The molecule has 25 heavy (non-hydrogen) atoms. The molecule has 0 saturated heterocycles. The van der Waals surface area contributed by atoms with Gasteiger partial charge in [-0.25, -0.2) is 0 Å². The lowest BCUT2D eigenvalue weighted by Crippen LogP contribution is -1.92. The quantitative estimate of drug-likeness (QED) is 0.655. The summed E-state index contributed by atoms with van der Waals surface area (Å²) in [5.74, 6) is 3.78. The Balaban J connectivity index is 0.000000257. The number of rotatable bonds is 4. The number of furan rings is 1. The lowest BCUT2D eigenvalue weighted by molar-refractivity contribution is 0.400. The van der Waals surface area contributed by atoms with Gasteiger partial charge in [0.1, 0.15) is 23.0 Å². The first-order chi connectivity index (χ1) is 11.9. The van der Waals surface area contributed by atoms with Crippen molar-refractivity contribution < 1.29 is 13.9 Å². The third-order valence-corrected chi connectivity index (χ3v) is 4.13. The Morgan fingerprint density at radius 2 is 1.40 bits per heavy atom. The highest BCUT2D eigenvalue weighted by Gasteiger charge is 2.06. The number of methoxy groups -OCH3 is 2. The van der Waals surface area contributed by atoms with Gasteiger partial charge < -0.3 is 13.9 Å². The van der Waals surface area contributed by atoms with E-state index in [9.17, 15) is 0 Å². The van der Waals surface area contributed by atoms with E-state index < -0.39 is 0 Å². The topological polar surface area (TPSA) is 31.6 Å². The zero-order valence-electron chi connectivity index (χ0n) is 16.7. The predicted octanol–water partition coefficient (Wildman–Crippen LogP) is 6.28. The van der Waals surface area contributed by atoms with Gasteiger partial charge in [0.2, 0.25) is 0 Å². The summed E-state index contributed by atoms with van der Waals surface area (Å²) in [6.07, 6.45) is 7.97. The van der Waals surface area contributed by atoms with Crippen LogP contribution in [0.4, 0.5) is 0 Å². The van der Waals surface area contributed by atoms with Crippen LogP contribution in [0.1, 0.15) is 47.6 Å². The maximum atomic E-state index is 5.50. The van der Waals surface area contributed by atoms with E-state index in [2.05, 4.69) is 13.8 Å². The van der Waals surface area contributed by atoms with Crippen LogP contribution in [0.15, 0.2) is 28.7 Å². The fourth-order valence-electron chi connectivity index (χ4n) is 2.46. The highest BCUT2D eigenvalue weighted by atomic mass is 16.5. The number of allylic oxidation sites excluding steroid dienone is 2. The van der Waals surface area contributed by atoms with Gasteiger partial charge >= 0.3 is 0 Å². The molecule has 1 aromatic carbocycles. The Kier molecular flexibility index (Phi) is 8.06. The molecule has 136 valence electrons. The van der Waals surface area contributed by atoms with E-state index in [1.54, 1.807) is 14.2 Å². The molecular weight excluding hydrogens is 312 g/mol. The van der Waals surface area contributed by atoms with Gasteiger partial charge in [0, 0.05) is 5.56 Å². The van der Waals surface area contributed by atoms with Crippen molar-refractivity contribution in [1.82, 2.24) is 0 Å². The van der Waals surface area contributed by atoms with Crippen molar-refractivity contribution in [2.75, 3.05) is 14.2 Å². The molecule has 3 heteroatoms. The lowest BCUT2D eigenvalue weighted by atomic mass is 10.1.